The third-order valence-electron chi connectivity index (χ3n) is 4.19. The smallest absolute Gasteiger partial charge is 0.301 e. The molecule has 2 unspecified atom stereocenters. The molecular formula is C16H21N3O2. The number of anilines is 1. The summed E-state index contributed by atoms with van der Waals surface area (Å²) >= 11 is 0. The molecule has 2 aromatic rings. The predicted molar refractivity (Wildman–Crippen MR) is 82.7 cm³/mol. The Hall–Kier alpha value is -2.01. The van der Waals surface area contributed by atoms with Crippen LogP contribution in [0, 0.1) is 0 Å². The molecule has 0 saturated carbocycles. The Balaban J connectivity index is 1.80. The molecule has 0 spiro atoms. The number of piperidine rings is 1. The number of nitrogens with zero attached hydrogens (tertiary/aromatic N) is 1. The van der Waals surface area contributed by atoms with Crippen LogP contribution >= 0.6 is 0 Å². The van der Waals surface area contributed by atoms with Gasteiger partial charge in [-0.3, -0.25) is 10.2 Å². The maximum Gasteiger partial charge on any atom is 0.301 e. The maximum atomic E-state index is 12.4. The SMILES string of the molecule is CC1CCCC(C)N1NC(=O)c1cc2cc(N)ccc2o1. The molecule has 2 heterocycles. The number of nitrogens with two attached hydrogens (primary N) is 1. The molecule has 5 heteroatoms. The van der Waals surface area contributed by atoms with Gasteiger partial charge in [0.1, 0.15) is 5.58 Å². The van der Waals surface area contributed by atoms with E-state index in [4.69, 9.17) is 10.2 Å². The minimum Gasteiger partial charge on any atom is -0.451 e. The first kappa shape index (κ1) is 13.9. The van der Waals surface area contributed by atoms with Crippen LogP contribution in [-0.4, -0.2) is 23.0 Å². The Morgan fingerprint density at radius 1 is 1.29 bits per heavy atom. The Morgan fingerprint density at radius 3 is 2.71 bits per heavy atom. The highest BCUT2D eigenvalue weighted by atomic mass is 16.3. The van der Waals surface area contributed by atoms with Crippen molar-refractivity contribution in [2.24, 2.45) is 0 Å². The molecule has 3 rings (SSSR count). The van der Waals surface area contributed by atoms with Gasteiger partial charge in [-0.2, -0.15) is 0 Å². The van der Waals surface area contributed by atoms with Crippen LogP contribution in [0.1, 0.15) is 43.7 Å². The average Bonchev–Trinajstić information content (AvgIpc) is 2.86. The Morgan fingerprint density at radius 2 is 2.00 bits per heavy atom. The van der Waals surface area contributed by atoms with Gasteiger partial charge in [0.05, 0.1) is 0 Å². The van der Waals surface area contributed by atoms with Gasteiger partial charge in [0.15, 0.2) is 5.76 Å². The second-order valence-electron chi connectivity index (χ2n) is 5.89. The number of hydrogen-bond donors (Lipinski definition) is 2. The van der Waals surface area contributed by atoms with E-state index in [9.17, 15) is 4.79 Å². The predicted octanol–water partition coefficient (Wildman–Crippen LogP) is 2.92. The maximum absolute atomic E-state index is 12.4. The fraction of sp³-hybridized carbons (Fsp3) is 0.438. The van der Waals surface area contributed by atoms with E-state index in [1.54, 1.807) is 18.2 Å². The highest BCUT2D eigenvalue weighted by molar-refractivity contribution is 5.96. The van der Waals surface area contributed by atoms with Gasteiger partial charge in [-0.1, -0.05) is 6.42 Å². The van der Waals surface area contributed by atoms with Gasteiger partial charge in [-0.15, -0.1) is 0 Å². The van der Waals surface area contributed by atoms with Crippen molar-refractivity contribution < 1.29 is 9.21 Å². The van der Waals surface area contributed by atoms with Gasteiger partial charge in [0.25, 0.3) is 0 Å². The van der Waals surface area contributed by atoms with E-state index >= 15 is 0 Å². The van der Waals surface area contributed by atoms with E-state index in [2.05, 4.69) is 19.3 Å². The number of benzene rings is 1. The van der Waals surface area contributed by atoms with E-state index in [1.807, 2.05) is 11.1 Å². The van der Waals surface area contributed by atoms with Crippen molar-refractivity contribution in [1.82, 2.24) is 10.4 Å². The lowest BCUT2D eigenvalue weighted by Gasteiger charge is -2.38. The molecule has 3 N–H and O–H groups in total. The van der Waals surface area contributed by atoms with Gasteiger partial charge in [-0.05, 0) is 51.0 Å². The molecule has 0 radical (unpaired) electrons. The minimum atomic E-state index is -0.203. The first-order chi connectivity index (χ1) is 10.0. The quantitative estimate of drug-likeness (QED) is 0.833. The second kappa shape index (κ2) is 5.41. The summed E-state index contributed by atoms with van der Waals surface area (Å²) in [6.45, 7) is 4.27. The molecule has 2 atom stereocenters. The highest BCUT2D eigenvalue weighted by Gasteiger charge is 2.27. The molecule has 1 amide bonds. The summed E-state index contributed by atoms with van der Waals surface area (Å²) in [5, 5.41) is 2.88. The average molecular weight is 287 g/mol. The zero-order valence-electron chi connectivity index (χ0n) is 12.4. The zero-order chi connectivity index (χ0) is 15.0. The van der Waals surface area contributed by atoms with E-state index in [0.717, 1.165) is 18.2 Å². The molecule has 112 valence electrons. The molecule has 21 heavy (non-hydrogen) atoms. The number of carbonyl (C=O) groups is 1. The van der Waals surface area contributed by atoms with Gasteiger partial charge in [0, 0.05) is 23.2 Å². The van der Waals surface area contributed by atoms with Gasteiger partial charge < -0.3 is 10.2 Å². The lowest BCUT2D eigenvalue weighted by atomic mass is 10.00. The summed E-state index contributed by atoms with van der Waals surface area (Å²) in [7, 11) is 0. The molecular weight excluding hydrogens is 266 g/mol. The lowest BCUT2D eigenvalue weighted by Crippen LogP contribution is -2.54. The molecule has 1 aromatic heterocycles. The molecule has 0 bridgehead atoms. The summed E-state index contributed by atoms with van der Waals surface area (Å²) in [5.74, 6) is 0.117. The number of hydrazine groups is 1. The van der Waals surface area contributed by atoms with Crippen LogP contribution in [0.2, 0.25) is 0 Å². The third-order valence-corrected chi connectivity index (χ3v) is 4.19. The normalized spacial score (nSPS) is 23.3. The van der Waals surface area contributed by atoms with E-state index in [1.165, 1.54) is 6.42 Å². The van der Waals surface area contributed by atoms with Crippen molar-refractivity contribution in [3.05, 3.63) is 30.0 Å². The van der Waals surface area contributed by atoms with Crippen LogP contribution in [0.3, 0.4) is 0 Å². The summed E-state index contributed by atoms with van der Waals surface area (Å²) < 4.78 is 5.60. The van der Waals surface area contributed by atoms with Crippen LogP contribution in [0.15, 0.2) is 28.7 Å². The first-order valence-corrected chi connectivity index (χ1v) is 7.43. The van der Waals surface area contributed by atoms with Crippen LogP contribution in [0.5, 0.6) is 0 Å². The van der Waals surface area contributed by atoms with Gasteiger partial charge in [-0.25, -0.2) is 5.01 Å². The van der Waals surface area contributed by atoms with Crippen LogP contribution in [0.25, 0.3) is 11.0 Å². The van der Waals surface area contributed by atoms with E-state index in [-0.39, 0.29) is 5.91 Å². The Bertz CT molecular complexity index is 655. The first-order valence-electron chi connectivity index (χ1n) is 7.43. The van der Waals surface area contributed by atoms with Crippen molar-refractivity contribution in [3.63, 3.8) is 0 Å². The molecule has 1 fully saturated rings. The minimum absolute atomic E-state index is 0.203. The zero-order valence-corrected chi connectivity index (χ0v) is 12.4. The Kier molecular flexibility index (Phi) is 3.59. The van der Waals surface area contributed by atoms with Crippen molar-refractivity contribution in [1.29, 1.82) is 0 Å². The number of nitrogen functional groups attached to an aromatic ring is 1. The van der Waals surface area contributed by atoms with Gasteiger partial charge in [0.2, 0.25) is 0 Å². The van der Waals surface area contributed by atoms with Crippen molar-refractivity contribution >= 4 is 22.6 Å². The Labute approximate surface area is 124 Å². The van der Waals surface area contributed by atoms with Crippen LogP contribution in [0.4, 0.5) is 5.69 Å². The fourth-order valence-corrected chi connectivity index (χ4v) is 2.99. The molecule has 1 aliphatic heterocycles. The number of amides is 1. The highest BCUT2D eigenvalue weighted by Crippen LogP contribution is 2.23. The molecule has 5 nitrogen and oxygen atoms in total. The fourth-order valence-electron chi connectivity index (χ4n) is 2.99. The number of fused-ring (bicyclic) bond motifs is 1. The number of furan rings is 1. The number of hydrogen-bond acceptors (Lipinski definition) is 4. The number of carbonyl (C=O) groups excluding carboxylic acids is 1. The summed E-state index contributed by atoms with van der Waals surface area (Å²) in [6.07, 6.45) is 3.40. The van der Waals surface area contributed by atoms with Crippen molar-refractivity contribution in [3.8, 4) is 0 Å². The van der Waals surface area contributed by atoms with E-state index in [0.29, 0.717) is 29.1 Å². The molecule has 1 saturated heterocycles. The summed E-state index contributed by atoms with van der Waals surface area (Å²) in [5.41, 5.74) is 10.1. The topological polar surface area (TPSA) is 71.5 Å². The largest absolute Gasteiger partial charge is 0.451 e. The lowest BCUT2D eigenvalue weighted by molar-refractivity contribution is 0.0352. The number of rotatable bonds is 2. The van der Waals surface area contributed by atoms with Crippen molar-refractivity contribution in [2.75, 3.05) is 5.73 Å². The summed E-state index contributed by atoms with van der Waals surface area (Å²) in [6, 6.07) is 7.79. The van der Waals surface area contributed by atoms with Crippen LogP contribution in [-0.2, 0) is 0 Å². The molecule has 0 aliphatic carbocycles. The number of nitrogens with one attached hydrogen (secondary N) is 1. The monoisotopic (exact) mass is 287 g/mol. The van der Waals surface area contributed by atoms with Crippen molar-refractivity contribution in [2.45, 2.75) is 45.2 Å². The molecule has 1 aromatic carbocycles. The molecule has 1 aliphatic rings. The third kappa shape index (κ3) is 2.74. The van der Waals surface area contributed by atoms with E-state index < -0.39 is 0 Å². The standard InChI is InChI=1S/C16H21N3O2/c1-10-4-3-5-11(2)19(10)18-16(20)15-9-12-8-13(17)6-7-14(12)21-15/h6-11H,3-5,17H2,1-2H3,(H,18,20). The second-order valence-corrected chi connectivity index (χ2v) is 5.89. The van der Waals surface area contributed by atoms with Crippen LogP contribution < -0.4 is 11.2 Å². The van der Waals surface area contributed by atoms with Gasteiger partial charge >= 0.3 is 5.91 Å². The summed E-state index contributed by atoms with van der Waals surface area (Å²) in [4.78, 5) is 12.4.